The molecule has 1 aromatic heterocycles. The Labute approximate surface area is 259 Å². The molecule has 3 heterocycles. The second kappa shape index (κ2) is 12.2. The Morgan fingerprint density at radius 3 is 2.49 bits per heavy atom. The van der Waals surface area contributed by atoms with E-state index in [2.05, 4.69) is 10.2 Å². The smallest absolute Gasteiger partial charge is 0.269 e. The number of Topliss-reactive ketones (excluding diaryl/α,β-unsaturated/α-hetero) is 1. The highest BCUT2D eigenvalue weighted by atomic mass is 35.5. The van der Waals surface area contributed by atoms with Crippen LogP contribution in [0.1, 0.15) is 21.5 Å². The second-order valence-electron chi connectivity index (χ2n) is 9.38. The number of fused-ring (bicyclic) bond motifs is 2. The predicted molar refractivity (Wildman–Crippen MR) is 165 cm³/mol. The lowest BCUT2D eigenvalue weighted by atomic mass is 10.0. The summed E-state index contributed by atoms with van der Waals surface area (Å²) < 4.78 is 34.4. The minimum absolute atomic E-state index is 0. The van der Waals surface area contributed by atoms with E-state index in [1.54, 1.807) is 30.3 Å². The monoisotopic (exact) mass is 655 g/mol. The van der Waals surface area contributed by atoms with Crippen LogP contribution in [0.5, 0.6) is 11.5 Å². The second-order valence-corrected chi connectivity index (χ2v) is 12.0. The molecule has 13 heteroatoms. The Morgan fingerprint density at radius 2 is 1.76 bits per heavy atom. The number of halogens is 4. The first kappa shape index (κ1) is 31.2. The predicted octanol–water partition coefficient (Wildman–Crippen LogP) is 5.76. The number of carbonyl (C=O) groups is 1. The van der Waals surface area contributed by atoms with Crippen LogP contribution in [0.3, 0.4) is 0 Å². The zero-order valence-electron chi connectivity index (χ0n) is 21.3. The molecule has 3 aromatic carbocycles. The average molecular weight is 657 g/mol. The maximum absolute atomic E-state index is 13.6. The molecule has 0 atom stereocenters. The number of ether oxygens (including phenoxy) is 1. The zero-order chi connectivity index (χ0) is 27.3. The van der Waals surface area contributed by atoms with Crippen molar-refractivity contribution < 1.29 is 23.1 Å². The third-order valence-electron chi connectivity index (χ3n) is 6.93. The van der Waals surface area contributed by atoms with Crippen molar-refractivity contribution in [2.75, 3.05) is 26.2 Å². The quantitative estimate of drug-likeness (QED) is 0.264. The summed E-state index contributed by atoms with van der Waals surface area (Å²) in [5, 5.41) is 14.8. The van der Waals surface area contributed by atoms with Gasteiger partial charge in [0.1, 0.15) is 16.4 Å². The fourth-order valence-electron chi connectivity index (χ4n) is 4.96. The minimum Gasteiger partial charge on any atom is -0.507 e. The number of nitrogens with zero attached hydrogens (tertiary/aromatic N) is 2. The molecular formula is C28H25Cl4N3O5S. The number of hydrogen-bond donors (Lipinski definition) is 2. The molecule has 1 fully saturated rings. The van der Waals surface area contributed by atoms with Gasteiger partial charge < -0.3 is 15.2 Å². The largest absolute Gasteiger partial charge is 0.507 e. The first-order chi connectivity index (χ1) is 18.7. The Balaban J connectivity index is 0.00000194. The normalized spacial score (nSPS) is 16.2. The van der Waals surface area contributed by atoms with Gasteiger partial charge in [0.15, 0.2) is 5.76 Å². The number of rotatable bonds is 5. The summed E-state index contributed by atoms with van der Waals surface area (Å²) in [7, 11) is -4.09. The molecular weight excluding hydrogens is 632 g/mol. The van der Waals surface area contributed by atoms with Crippen molar-refractivity contribution in [2.45, 2.75) is 11.4 Å². The fraction of sp³-hybridized carbons (Fsp3) is 0.179. The average Bonchev–Trinajstić information content (AvgIpc) is 3.44. The number of hydrogen-bond acceptors (Lipinski definition) is 7. The van der Waals surface area contributed by atoms with E-state index in [-0.39, 0.29) is 52.0 Å². The molecule has 1 saturated heterocycles. The number of aromatic hydroxyl groups is 1. The van der Waals surface area contributed by atoms with E-state index in [0.29, 0.717) is 44.9 Å². The molecule has 2 N–H and O–H groups in total. The van der Waals surface area contributed by atoms with E-state index < -0.39 is 10.0 Å². The maximum atomic E-state index is 13.6. The standard InChI is InChI=1S/C28H23Cl2N3O5S.2ClH/c29-18-5-8-26(22(30)14-18)39(36,37)33-15-17(19-3-1-2-4-23(19)33)13-25-27(35)20-6-7-24(34)21(28(20)38-25)16-32-11-9-31-10-12-32;;/h1-8,13-15,31,34H,9-12,16H2;2*1H/b25-13-;;. The van der Waals surface area contributed by atoms with Crippen molar-refractivity contribution in [3.63, 3.8) is 0 Å². The van der Waals surface area contributed by atoms with Crippen LogP contribution >= 0.6 is 48.0 Å². The van der Waals surface area contributed by atoms with Gasteiger partial charge in [-0.3, -0.25) is 9.69 Å². The fourth-order valence-corrected chi connectivity index (χ4v) is 7.09. The van der Waals surface area contributed by atoms with Gasteiger partial charge in [0.25, 0.3) is 10.0 Å². The van der Waals surface area contributed by atoms with E-state index >= 15 is 0 Å². The van der Waals surface area contributed by atoms with Crippen LogP contribution < -0.4 is 10.1 Å². The van der Waals surface area contributed by atoms with Crippen molar-refractivity contribution in [1.82, 2.24) is 14.2 Å². The molecule has 2 aliphatic heterocycles. The van der Waals surface area contributed by atoms with Gasteiger partial charge in [0, 0.05) is 54.9 Å². The van der Waals surface area contributed by atoms with Gasteiger partial charge in [-0.15, -0.1) is 24.8 Å². The molecule has 4 aromatic rings. The van der Waals surface area contributed by atoms with Crippen LogP contribution in [0.4, 0.5) is 0 Å². The van der Waals surface area contributed by atoms with Gasteiger partial charge in [-0.05, 0) is 42.5 Å². The van der Waals surface area contributed by atoms with Crippen molar-refractivity contribution in [2.24, 2.45) is 0 Å². The van der Waals surface area contributed by atoms with E-state index in [0.717, 1.165) is 30.2 Å². The highest BCUT2D eigenvalue weighted by Gasteiger charge is 2.32. The van der Waals surface area contributed by atoms with Crippen molar-refractivity contribution in [3.8, 4) is 11.5 Å². The molecule has 6 rings (SSSR count). The highest BCUT2D eigenvalue weighted by Crippen LogP contribution is 2.41. The number of para-hydroxylation sites is 1. The van der Waals surface area contributed by atoms with Crippen molar-refractivity contribution >= 4 is 80.8 Å². The number of piperazine rings is 1. The molecule has 0 saturated carbocycles. The molecule has 41 heavy (non-hydrogen) atoms. The minimum atomic E-state index is -4.09. The van der Waals surface area contributed by atoms with E-state index in [9.17, 15) is 18.3 Å². The number of phenolic OH excluding ortho intramolecular Hbond substituents is 1. The van der Waals surface area contributed by atoms with Crippen LogP contribution in [0.2, 0.25) is 10.0 Å². The third-order valence-corrected chi connectivity index (χ3v) is 9.33. The van der Waals surface area contributed by atoms with E-state index in [1.807, 2.05) is 0 Å². The summed E-state index contributed by atoms with van der Waals surface area (Å²) >= 11 is 12.2. The Morgan fingerprint density at radius 1 is 1.02 bits per heavy atom. The van der Waals surface area contributed by atoms with Crippen LogP contribution in [0, 0.1) is 0 Å². The Kier molecular flexibility index (Phi) is 9.30. The summed E-state index contributed by atoms with van der Waals surface area (Å²) in [4.78, 5) is 15.4. The number of phenols is 1. The maximum Gasteiger partial charge on any atom is 0.269 e. The number of carbonyl (C=O) groups excluding carboxylic acids is 1. The molecule has 0 aliphatic carbocycles. The van der Waals surface area contributed by atoms with Gasteiger partial charge in [0.05, 0.1) is 21.7 Å². The summed E-state index contributed by atoms with van der Waals surface area (Å²) in [6, 6.07) is 14.2. The highest BCUT2D eigenvalue weighted by molar-refractivity contribution is 7.90. The molecule has 0 unspecified atom stereocenters. The van der Waals surface area contributed by atoms with Gasteiger partial charge in [-0.2, -0.15) is 0 Å². The van der Waals surface area contributed by atoms with Gasteiger partial charge in [0.2, 0.25) is 5.78 Å². The molecule has 216 valence electrons. The molecule has 0 spiro atoms. The lowest BCUT2D eigenvalue weighted by Gasteiger charge is -2.27. The number of allylic oxidation sites excluding steroid dienone is 1. The van der Waals surface area contributed by atoms with Crippen LogP contribution in [0.25, 0.3) is 17.0 Å². The summed E-state index contributed by atoms with van der Waals surface area (Å²) in [6.45, 7) is 3.75. The first-order valence-corrected chi connectivity index (χ1v) is 14.5. The topological polar surface area (TPSA) is 101 Å². The Bertz CT molecular complexity index is 1780. The number of ketones is 1. The lowest BCUT2D eigenvalue weighted by Crippen LogP contribution is -2.42. The third kappa shape index (κ3) is 5.68. The summed E-state index contributed by atoms with van der Waals surface area (Å²) in [5.41, 5.74) is 1.79. The molecule has 8 nitrogen and oxygen atoms in total. The van der Waals surface area contributed by atoms with E-state index in [1.165, 1.54) is 36.5 Å². The van der Waals surface area contributed by atoms with Gasteiger partial charge >= 0.3 is 0 Å². The van der Waals surface area contributed by atoms with E-state index in [4.69, 9.17) is 27.9 Å². The summed E-state index contributed by atoms with van der Waals surface area (Å²) in [5.74, 6) is 0.0898. The van der Waals surface area contributed by atoms with Gasteiger partial charge in [-0.25, -0.2) is 12.4 Å². The number of benzene rings is 3. The molecule has 2 aliphatic rings. The first-order valence-electron chi connectivity index (χ1n) is 12.3. The lowest BCUT2D eigenvalue weighted by molar-refractivity contribution is 0.101. The van der Waals surface area contributed by atoms with Crippen LogP contribution in [0.15, 0.2) is 71.4 Å². The zero-order valence-corrected chi connectivity index (χ0v) is 25.3. The Hall–Kier alpha value is -2.76. The summed E-state index contributed by atoms with van der Waals surface area (Å²) in [6.07, 6.45) is 2.97. The van der Waals surface area contributed by atoms with Crippen molar-refractivity contribution in [3.05, 3.63) is 93.3 Å². The van der Waals surface area contributed by atoms with Crippen LogP contribution in [-0.2, 0) is 16.6 Å². The number of aromatic nitrogens is 1. The number of nitrogens with one attached hydrogen (secondary N) is 1. The SMILES string of the molecule is Cl.Cl.O=C1/C(=C/c2cn(S(=O)(=O)c3ccc(Cl)cc3Cl)c3ccccc23)Oc2c1ccc(O)c2CN1CCNCC1. The molecule has 0 radical (unpaired) electrons. The van der Waals surface area contributed by atoms with Gasteiger partial charge in [-0.1, -0.05) is 41.4 Å². The van der Waals surface area contributed by atoms with Crippen molar-refractivity contribution in [1.29, 1.82) is 0 Å². The molecule has 0 bridgehead atoms. The van der Waals surface area contributed by atoms with Crippen LogP contribution in [-0.4, -0.2) is 54.4 Å². The molecule has 0 amide bonds.